The lowest BCUT2D eigenvalue weighted by atomic mass is 10.1. The summed E-state index contributed by atoms with van der Waals surface area (Å²) in [5.41, 5.74) is 1.37. The van der Waals surface area contributed by atoms with Crippen LogP contribution >= 0.6 is 11.3 Å². The summed E-state index contributed by atoms with van der Waals surface area (Å²) in [6.45, 7) is 5.58. The van der Waals surface area contributed by atoms with Crippen LogP contribution in [0.4, 0.5) is 0 Å². The zero-order valence-corrected chi connectivity index (χ0v) is 14.5. The Hall–Kier alpha value is -1.89. The van der Waals surface area contributed by atoms with Crippen LogP contribution < -0.4 is 5.32 Å². The summed E-state index contributed by atoms with van der Waals surface area (Å²) < 4.78 is 5.44. The van der Waals surface area contributed by atoms with Crippen molar-refractivity contribution in [2.24, 2.45) is 0 Å². The highest BCUT2D eigenvalue weighted by Crippen LogP contribution is 2.25. The van der Waals surface area contributed by atoms with Crippen LogP contribution in [0.5, 0.6) is 5.75 Å². The van der Waals surface area contributed by atoms with Crippen molar-refractivity contribution in [3.05, 3.63) is 51.7 Å². The van der Waals surface area contributed by atoms with E-state index in [1.54, 1.807) is 23.5 Å². The Morgan fingerprint density at radius 3 is 2.88 bits per heavy atom. The molecule has 1 saturated heterocycles. The van der Waals surface area contributed by atoms with Gasteiger partial charge in [-0.1, -0.05) is 12.1 Å². The number of nitrogens with one attached hydrogen (secondary N) is 1. The van der Waals surface area contributed by atoms with Gasteiger partial charge in [0.05, 0.1) is 19.3 Å². The van der Waals surface area contributed by atoms with Crippen molar-refractivity contribution >= 4 is 17.2 Å². The number of rotatable bonds is 5. The Morgan fingerprint density at radius 1 is 1.38 bits per heavy atom. The predicted octanol–water partition coefficient (Wildman–Crippen LogP) is 2.57. The van der Waals surface area contributed by atoms with E-state index in [0.717, 1.165) is 31.9 Å². The van der Waals surface area contributed by atoms with Crippen molar-refractivity contribution in [2.75, 3.05) is 32.8 Å². The SMILES string of the molecule is Cc1ccc(O)cc1C(=O)NCC(c1cccs1)N1CCOCC1. The first-order valence-corrected chi connectivity index (χ1v) is 8.96. The second-order valence-corrected chi connectivity index (χ2v) is 6.87. The molecular weight excluding hydrogens is 324 g/mol. The maximum Gasteiger partial charge on any atom is 0.251 e. The quantitative estimate of drug-likeness (QED) is 0.873. The number of benzene rings is 1. The minimum Gasteiger partial charge on any atom is -0.508 e. The third-order valence-electron chi connectivity index (χ3n) is 4.28. The van der Waals surface area contributed by atoms with Gasteiger partial charge in [-0.25, -0.2) is 0 Å². The second kappa shape index (κ2) is 7.79. The van der Waals surface area contributed by atoms with Crippen molar-refractivity contribution < 1.29 is 14.6 Å². The number of phenolic OH excluding ortho intramolecular Hbond substituents is 1. The second-order valence-electron chi connectivity index (χ2n) is 5.89. The van der Waals surface area contributed by atoms with Gasteiger partial charge in [-0.15, -0.1) is 11.3 Å². The third kappa shape index (κ3) is 3.95. The molecule has 2 N–H and O–H groups in total. The van der Waals surface area contributed by atoms with Gasteiger partial charge >= 0.3 is 0 Å². The molecule has 1 unspecified atom stereocenters. The molecule has 1 aromatic heterocycles. The van der Waals surface area contributed by atoms with E-state index in [-0.39, 0.29) is 17.7 Å². The first kappa shape index (κ1) is 17.0. The van der Waals surface area contributed by atoms with Gasteiger partial charge in [0.2, 0.25) is 0 Å². The van der Waals surface area contributed by atoms with E-state index < -0.39 is 0 Å². The maximum absolute atomic E-state index is 12.5. The summed E-state index contributed by atoms with van der Waals surface area (Å²) in [6.07, 6.45) is 0. The number of amides is 1. The van der Waals surface area contributed by atoms with E-state index in [1.807, 2.05) is 13.0 Å². The number of hydrogen-bond acceptors (Lipinski definition) is 5. The molecule has 0 spiro atoms. The molecule has 1 aromatic carbocycles. The number of carbonyl (C=O) groups is 1. The van der Waals surface area contributed by atoms with Gasteiger partial charge < -0.3 is 15.2 Å². The predicted molar refractivity (Wildman–Crippen MR) is 94.6 cm³/mol. The van der Waals surface area contributed by atoms with Crippen molar-refractivity contribution in [3.8, 4) is 5.75 Å². The molecule has 0 radical (unpaired) electrons. The zero-order valence-electron chi connectivity index (χ0n) is 13.7. The van der Waals surface area contributed by atoms with E-state index in [0.29, 0.717) is 12.1 Å². The zero-order chi connectivity index (χ0) is 16.9. The molecule has 2 heterocycles. The van der Waals surface area contributed by atoms with Gasteiger partial charge in [-0.05, 0) is 36.1 Å². The number of carbonyl (C=O) groups excluding carboxylic acids is 1. The molecule has 128 valence electrons. The molecule has 1 atom stereocenters. The van der Waals surface area contributed by atoms with Gasteiger partial charge in [-0.2, -0.15) is 0 Å². The molecule has 5 nitrogen and oxygen atoms in total. The highest BCUT2D eigenvalue weighted by molar-refractivity contribution is 7.10. The molecule has 1 amide bonds. The van der Waals surface area contributed by atoms with E-state index >= 15 is 0 Å². The molecule has 1 aliphatic heterocycles. The van der Waals surface area contributed by atoms with Gasteiger partial charge in [0.15, 0.2) is 0 Å². The van der Waals surface area contributed by atoms with E-state index in [2.05, 4.69) is 21.7 Å². The summed E-state index contributed by atoms with van der Waals surface area (Å²) >= 11 is 1.70. The Bertz CT molecular complexity index is 682. The number of phenols is 1. The van der Waals surface area contributed by atoms with Crippen LogP contribution in [0.2, 0.25) is 0 Å². The average Bonchev–Trinajstić information content (AvgIpc) is 3.12. The van der Waals surface area contributed by atoms with Crippen LogP contribution in [-0.2, 0) is 4.74 Å². The molecule has 1 fully saturated rings. The molecule has 0 aliphatic carbocycles. The Kier molecular flexibility index (Phi) is 5.50. The Balaban J connectivity index is 1.71. The van der Waals surface area contributed by atoms with Crippen LogP contribution in [0.3, 0.4) is 0 Å². The van der Waals surface area contributed by atoms with E-state index in [1.165, 1.54) is 10.9 Å². The summed E-state index contributed by atoms with van der Waals surface area (Å²) in [7, 11) is 0. The minimum absolute atomic E-state index is 0.105. The minimum atomic E-state index is -0.154. The topological polar surface area (TPSA) is 61.8 Å². The first-order chi connectivity index (χ1) is 11.6. The number of aromatic hydroxyl groups is 1. The lowest BCUT2D eigenvalue weighted by Gasteiger charge is -2.34. The van der Waals surface area contributed by atoms with Gasteiger partial charge in [0, 0.05) is 30.1 Å². The lowest BCUT2D eigenvalue weighted by molar-refractivity contribution is 0.0169. The van der Waals surface area contributed by atoms with Crippen LogP contribution in [0.1, 0.15) is 26.8 Å². The van der Waals surface area contributed by atoms with E-state index in [4.69, 9.17) is 4.74 Å². The van der Waals surface area contributed by atoms with Crippen molar-refractivity contribution in [3.63, 3.8) is 0 Å². The number of morpholine rings is 1. The molecular formula is C18H22N2O3S. The normalized spacial score (nSPS) is 16.7. The monoisotopic (exact) mass is 346 g/mol. The van der Waals surface area contributed by atoms with E-state index in [9.17, 15) is 9.90 Å². The van der Waals surface area contributed by atoms with Crippen LogP contribution in [0.15, 0.2) is 35.7 Å². The number of hydrogen-bond donors (Lipinski definition) is 2. The Morgan fingerprint density at radius 2 is 2.17 bits per heavy atom. The van der Waals surface area contributed by atoms with Crippen molar-refractivity contribution in [1.29, 1.82) is 0 Å². The fourth-order valence-corrected chi connectivity index (χ4v) is 3.78. The lowest BCUT2D eigenvalue weighted by Crippen LogP contribution is -2.43. The summed E-state index contributed by atoms with van der Waals surface area (Å²) in [4.78, 5) is 16.1. The van der Waals surface area contributed by atoms with Crippen molar-refractivity contribution in [1.82, 2.24) is 10.2 Å². The number of nitrogens with zero attached hydrogens (tertiary/aromatic N) is 1. The molecule has 6 heteroatoms. The highest BCUT2D eigenvalue weighted by Gasteiger charge is 2.24. The Labute approximate surface area is 145 Å². The first-order valence-electron chi connectivity index (χ1n) is 8.08. The standard InChI is InChI=1S/C18H22N2O3S/c1-13-4-5-14(21)11-15(13)18(22)19-12-16(17-3-2-10-24-17)20-6-8-23-9-7-20/h2-5,10-11,16,21H,6-9,12H2,1H3,(H,19,22). The third-order valence-corrected chi connectivity index (χ3v) is 5.25. The maximum atomic E-state index is 12.5. The molecule has 24 heavy (non-hydrogen) atoms. The smallest absolute Gasteiger partial charge is 0.251 e. The summed E-state index contributed by atoms with van der Waals surface area (Å²) in [6, 6.07) is 9.15. The average molecular weight is 346 g/mol. The fourth-order valence-electron chi connectivity index (χ4n) is 2.92. The van der Waals surface area contributed by atoms with Crippen LogP contribution in [0, 0.1) is 6.92 Å². The van der Waals surface area contributed by atoms with Crippen molar-refractivity contribution in [2.45, 2.75) is 13.0 Å². The highest BCUT2D eigenvalue weighted by atomic mass is 32.1. The number of ether oxygens (including phenoxy) is 1. The number of aryl methyl sites for hydroxylation is 1. The molecule has 3 rings (SSSR count). The molecule has 1 aliphatic rings. The number of thiophene rings is 1. The van der Waals surface area contributed by atoms with Gasteiger partial charge in [-0.3, -0.25) is 9.69 Å². The fraction of sp³-hybridized carbons (Fsp3) is 0.389. The van der Waals surface area contributed by atoms with Gasteiger partial charge in [0.25, 0.3) is 5.91 Å². The molecule has 2 aromatic rings. The van der Waals surface area contributed by atoms with Crippen LogP contribution in [-0.4, -0.2) is 48.8 Å². The molecule has 0 bridgehead atoms. The largest absolute Gasteiger partial charge is 0.508 e. The summed E-state index contributed by atoms with van der Waals surface area (Å²) in [5, 5.41) is 14.7. The molecule has 0 saturated carbocycles. The van der Waals surface area contributed by atoms with Gasteiger partial charge in [0.1, 0.15) is 5.75 Å². The van der Waals surface area contributed by atoms with Crippen LogP contribution in [0.25, 0.3) is 0 Å². The summed E-state index contributed by atoms with van der Waals surface area (Å²) in [5.74, 6) is -0.0491.